The second kappa shape index (κ2) is 7.12. The van der Waals surface area contributed by atoms with Crippen molar-refractivity contribution in [1.82, 2.24) is 14.8 Å². The minimum atomic E-state index is 0.134. The molecule has 2 aliphatic rings. The van der Waals surface area contributed by atoms with Gasteiger partial charge in [-0.25, -0.2) is 4.98 Å². The summed E-state index contributed by atoms with van der Waals surface area (Å²) in [6.45, 7) is 6.04. The molecule has 0 bridgehead atoms. The number of benzene rings is 1. The number of piperidine rings is 1. The van der Waals surface area contributed by atoms with Crippen LogP contribution in [0.3, 0.4) is 0 Å². The molecule has 2 heterocycles. The molecule has 138 valence electrons. The third-order valence-corrected chi connectivity index (χ3v) is 7.00. The van der Waals surface area contributed by atoms with Crippen LogP contribution in [0.1, 0.15) is 44.3 Å². The largest absolute Gasteiger partial charge is 0.337 e. The molecule has 4 rings (SSSR count). The van der Waals surface area contributed by atoms with Crippen LogP contribution in [0.15, 0.2) is 24.3 Å². The van der Waals surface area contributed by atoms with Crippen molar-refractivity contribution in [2.24, 2.45) is 0 Å². The predicted molar refractivity (Wildman–Crippen MR) is 106 cm³/mol. The highest BCUT2D eigenvalue weighted by atomic mass is 32.1. The fourth-order valence-corrected chi connectivity index (χ4v) is 5.38. The van der Waals surface area contributed by atoms with Gasteiger partial charge in [0.2, 0.25) is 0 Å². The zero-order valence-corrected chi connectivity index (χ0v) is 16.7. The number of aryl methyl sites for hydroxylation is 2. The molecule has 5 heteroatoms. The number of carbonyl (C=O) groups is 1. The van der Waals surface area contributed by atoms with Crippen LogP contribution in [0.5, 0.6) is 0 Å². The quantitative estimate of drug-likeness (QED) is 0.831. The summed E-state index contributed by atoms with van der Waals surface area (Å²) in [5.41, 5.74) is 3.86. The number of hydrogen-bond acceptors (Lipinski definition) is 4. The summed E-state index contributed by atoms with van der Waals surface area (Å²) in [6.07, 6.45) is 4.55. The molecule has 4 nitrogen and oxygen atoms in total. The number of likely N-dealkylation sites (tertiary alicyclic amines) is 1. The number of hydrogen-bond donors (Lipinski definition) is 0. The Morgan fingerprint density at radius 1 is 1.23 bits per heavy atom. The van der Waals surface area contributed by atoms with E-state index in [0.29, 0.717) is 12.1 Å². The predicted octanol–water partition coefficient (Wildman–Crippen LogP) is 3.46. The number of rotatable bonds is 3. The first-order valence-electron chi connectivity index (χ1n) is 9.55. The summed E-state index contributed by atoms with van der Waals surface area (Å²) in [4.78, 5) is 22.8. The van der Waals surface area contributed by atoms with E-state index < -0.39 is 0 Å². The fourth-order valence-electron chi connectivity index (χ4n) is 4.48. The summed E-state index contributed by atoms with van der Waals surface area (Å²) in [7, 11) is 1.97. The number of aromatic nitrogens is 1. The zero-order chi connectivity index (χ0) is 18.3. The second-order valence-electron chi connectivity index (χ2n) is 7.69. The van der Waals surface area contributed by atoms with Crippen molar-refractivity contribution in [2.45, 2.75) is 51.6 Å². The van der Waals surface area contributed by atoms with E-state index in [0.717, 1.165) is 54.4 Å². The van der Waals surface area contributed by atoms with Gasteiger partial charge in [0.1, 0.15) is 4.88 Å². The second-order valence-corrected chi connectivity index (χ2v) is 8.89. The molecule has 1 saturated heterocycles. The van der Waals surface area contributed by atoms with Crippen molar-refractivity contribution in [3.8, 4) is 0 Å². The highest BCUT2D eigenvalue weighted by Gasteiger charge is 2.33. The van der Waals surface area contributed by atoms with E-state index in [1.165, 1.54) is 22.5 Å². The van der Waals surface area contributed by atoms with E-state index in [4.69, 9.17) is 0 Å². The molecular weight excluding hydrogens is 342 g/mol. The Balaban J connectivity index is 1.44. The van der Waals surface area contributed by atoms with Crippen LogP contribution in [-0.2, 0) is 12.8 Å². The van der Waals surface area contributed by atoms with Crippen LogP contribution >= 0.6 is 11.3 Å². The molecule has 0 saturated carbocycles. The maximum atomic E-state index is 13.0. The Morgan fingerprint density at radius 2 is 1.92 bits per heavy atom. The Hall–Kier alpha value is -1.72. The summed E-state index contributed by atoms with van der Waals surface area (Å²) in [6, 6.07) is 9.70. The van der Waals surface area contributed by atoms with E-state index in [9.17, 15) is 4.79 Å². The molecule has 0 radical (unpaired) electrons. The lowest BCUT2D eigenvalue weighted by Crippen LogP contribution is -2.51. The van der Waals surface area contributed by atoms with Crippen LogP contribution in [0, 0.1) is 13.8 Å². The first-order valence-corrected chi connectivity index (χ1v) is 10.4. The van der Waals surface area contributed by atoms with Crippen LogP contribution < -0.4 is 0 Å². The molecule has 1 fully saturated rings. The van der Waals surface area contributed by atoms with Crippen LogP contribution in [0.2, 0.25) is 0 Å². The fraction of sp³-hybridized carbons (Fsp3) is 0.524. The summed E-state index contributed by atoms with van der Waals surface area (Å²) >= 11 is 1.52. The SMILES string of the molecule is Cc1nc(C)c(C(=O)N(C)[C@H]2CCCN(C3Cc4ccccc4C3)C2)s1. The Bertz CT molecular complexity index is 790. The average Bonchev–Trinajstić information content (AvgIpc) is 3.23. The smallest absolute Gasteiger partial charge is 0.265 e. The molecule has 0 N–H and O–H groups in total. The molecule has 1 aliphatic carbocycles. The van der Waals surface area contributed by atoms with Gasteiger partial charge in [0.15, 0.2) is 0 Å². The zero-order valence-electron chi connectivity index (χ0n) is 15.9. The molecule has 1 aliphatic heterocycles. The Morgan fingerprint density at radius 3 is 2.54 bits per heavy atom. The van der Waals surface area contributed by atoms with Gasteiger partial charge in [-0.15, -0.1) is 11.3 Å². The van der Waals surface area contributed by atoms with Gasteiger partial charge in [-0.05, 0) is 57.2 Å². The van der Waals surface area contributed by atoms with E-state index in [-0.39, 0.29) is 5.91 Å². The van der Waals surface area contributed by atoms with Gasteiger partial charge in [-0.2, -0.15) is 0 Å². The minimum Gasteiger partial charge on any atom is -0.337 e. The van der Waals surface area contributed by atoms with Crippen LogP contribution in [-0.4, -0.2) is 52.9 Å². The van der Waals surface area contributed by atoms with Crippen LogP contribution in [0.4, 0.5) is 0 Å². The van der Waals surface area contributed by atoms with Gasteiger partial charge >= 0.3 is 0 Å². The molecule has 0 spiro atoms. The van der Waals surface area contributed by atoms with Crippen molar-refractivity contribution in [1.29, 1.82) is 0 Å². The molecule has 1 aromatic heterocycles. The van der Waals surface area contributed by atoms with E-state index >= 15 is 0 Å². The molecule has 0 unspecified atom stereocenters. The van der Waals surface area contributed by atoms with Crippen molar-refractivity contribution < 1.29 is 4.79 Å². The van der Waals surface area contributed by atoms with Gasteiger partial charge < -0.3 is 4.90 Å². The molecule has 26 heavy (non-hydrogen) atoms. The first kappa shape index (κ1) is 17.7. The number of carbonyl (C=O) groups excluding carboxylic acids is 1. The number of nitrogens with zero attached hydrogens (tertiary/aromatic N) is 3. The third kappa shape index (κ3) is 3.30. The van der Waals surface area contributed by atoms with Gasteiger partial charge in [-0.3, -0.25) is 9.69 Å². The maximum Gasteiger partial charge on any atom is 0.265 e. The lowest BCUT2D eigenvalue weighted by molar-refractivity contribution is 0.0559. The average molecular weight is 370 g/mol. The lowest BCUT2D eigenvalue weighted by Gasteiger charge is -2.40. The van der Waals surface area contributed by atoms with Crippen molar-refractivity contribution in [3.05, 3.63) is 51.0 Å². The summed E-state index contributed by atoms with van der Waals surface area (Å²) in [5.74, 6) is 0.134. The van der Waals surface area contributed by atoms with Crippen molar-refractivity contribution >= 4 is 17.2 Å². The number of thiazole rings is 1. The third-order valence-electron chi connectivity index (χ3n) is 5.94. The van der Waals surface area contributed by atoms with Gasteiger partial charge in [0.25, 0.3) is 5.91 Å². The van der Waals surface area contributed by atoms with E-state index in [1.54, 1.807) is 0 Å². The lowest BCUT2D eigenvalue weighted by atomic mass is 10.0. The highest BCUT2D eigenvalue weighted by Crippen LogP contribution is 2.29. The molecule has 2 aromatic rings. The monoisotopic (exact) mass is 369 g/mol. The Labute approximate surface area is 159 Å². The van der Waals surface area contributed by atoms with Gasteiger partial charge in [-0.1, -0.05) is 24.3 Å². The summed E-state index contributed by atoms with van der Waals surface area (Å²) < 4.78 is 0. The topological polar surface area (TPSA) is 36.4 Å². The Kier molecular flexibility index (Phi) is 4.84. The maximum absolute atomic E-state index is 13.0. The number of amides is 1. The summed E-state index contributed by atoms with van der Waals surface area (Å²) in [5, 5.41) is 0.966. The minimum absolute atomic E-state index is 0.134. The highest BCUT2D eigenvalue weighted by molar-refractivity contribution is 7.13. The van der Waals surface area contributed by atoms with Gasteiger partial charge in [0, 0.05) is 25.7 Å². The molecule has 1 atom stereocenters. The molecule has 1 aromatic carbocycles. The first-order chi connectivity index (χ1) is 12.5. The van der Waals surface area contributed by atoms with Gasteiger partial charge in [0.05, 0.1) is 10.7 Å². The van der Waals surface area contributed by atoms with E-state index in [2.05, 4.69) is 34.1 Å². The molecule has 1 amide bonds. The van der Waals surface area contributed by atoms with Crippen molar-refractivity contribution in [3.63, 3.8) is 0 Å². The van der Waals surface area contributed by atoms with Crippen LogP contribution in [0.25, 0.3) is 0 Å². The van der Waals surface area contributed by atoms with E-state index in [1.807, 2.05) is 25.8 Å². The molecular formula is C21H27N3OS. The standard InChI is InChI=1S/C21H27N3OS/c1-14-20(26-15(2)22-14)21(25)23(3)18-9-6-10-24(13-18)19-11-16-7-4-5-8-17(16)12-19/h4-5,7-8,18-19H,6,9-13H2,1-3H3/t18-/m0/s1. The number of likely N-dealkylation sites (N-methyl/N-ethyl adjacent to an activating group) is 1. The number of fused-ring (bicyclic) bond motifs is 1. The normalized spacial score (nSPS) is 21.0. The van der Waals surface area contributed by atoms with Crippen molar-refractivity contribution in [2.75, 3.05) is 20.1 Å².